The molecule has 1 aromatic heterocycles. The van der Waals surface area contributed by atoms with Gasteiger partial charge in [0.2, 0.25) is 0 Å². The molecule has 3 N–H and O–H groups in total. The fourth-order valence-electron chi connectivity index (χ4n) is 1.63. The van der Waals surface area contributed by atoms with Crippen LogP contribution in [0.2, 0.25) is 0 Å². The summed E-state index contributed by atoms with van der Waals surface area (Å²) < 4.78 is 0. The molecule has 0 aliphatic heterocycles. The van der Waals surface area contributed by atoms with Crippen LogP contribution in [0.1, 0.15) is 17.7 Å². The first-order chi connectivity index (χ1) is 8.67. The molecule has 0 radical (unpaired) electrons. The molecule has 1 heterocycles. The van der Waals surface area contributed by atoms with E-state index in [9.17, 15) is 0 Å². The molecule has 6 heteroatoms. The minimum absolute atomic E-state index is 0.0434. The van der Waals surface area contributed by atoms with Gasteiger partial charge in [-0.15, -0.1) is 0 Å². The molecule has 0 saturated heterocycles. The fraction of sp³-hybridized carbons (Fsp3) is 0.500. The summed E-state index contributed by atoms with van der Waals surface area (Å²) in [6, 6.07) is 3.79. The highest BCUT2D eigenvalue weighted by Gasteiger charge is 2.04. The van der Waals surface area contributed by atoms with Crippen LogP contribution in [0.3, 0.4) is 0 Å². The fourth-order valence-corrected chi connectivity index (χ4v) is 2.05. The quantitative estimate of drug-likeness (QED) is 0.257. The summed E-state index contributed by atoms with van der Waals surface area (Å²) in [5, 5.41) is 11.6. The number of rotatable bonds is 7. The number of nitrogens with zero attached hydrogens (tertiary/aromatic N) is 3. The van der Waals surface area contributed by atoms with Crippen molar-refractivity contribution >= 4 is 17.6 Å². The van der Waals surface area contributed by atoms with Crippen LogP contribution < -0.4 is 5.73 Å². The van der Waals surface area contributed by atoms with Crippen molar-refractivity contribution in [2.75, 3.05) is 25.6 Å². The number of amidine groups is 1. The minimum atomic E-state index is 0.0434. The average molecular weight is 268 g/mol. The van der Waals surface area contributed by atoms with Crippen molar-refractivity contribution in [2.24, 2.45) is 10.9 Å². The maximum atomic E-state index is 8.61. The zero-order valence-electron chi connectivity index (χ0n) is 10.8. The Morgan fingerprint density at radius 1 is 1.61 bits per heavy atom. The topological polar surface area (TPSA) is 74.7 Å². The average Bonchev–Trinajstić information content (AvgIpc) is 2.38. The summed E-state index contributed by atoms with van der Waals surface area (Å²) in [6.45, 7) is 1.89. The van der Waals surface area contributed by atoms with E-state index in [0.717, 1.165) is 18.7 Å². The largest absolute Gasteiger partial charge is 0.409 e. The molecule has 0 fully saturated rings. The van der Waals surface area contributed by atoms with Gasteiger partial charge in [0.05, 0.1) is 0 Å². The summed E-state index contributed by atoms with van der Waals surface area (Å²) >= 11 is 1.86. The lowest BCUT2D eigenvalue weighted by molar-refractivity contribution is 0.318. The maximum Gasteiger partial charge on any atom is 0.188 e. The van der Waals surface area contributed by atoms with Crippen molar-refractivity contribution in [1.82, 2.24) is 9.88 Å². The van der Waals surface area contributed by atoms with Crippen molar-refractivity contribution < 1.29 is 5.21 Å². The Balaban J connectivity index is 2.56. The number of hydrogen-bond donors (Lipinski definition) is 2. The first-order valence-electron chi connectivity index (χ1n) is 5.77. The van der Waals surface area contributed by atoms with Gasteiger partial charge in [0.15, 0.2) is 5.84 Å². The van der Waals surface area contributed by atoms with Crippen molar-refractivity contribution in [3.8, 4) is 0 Å². The van der Waals surface area contributed by atoms with Gasteiger partial charge in [-0.25, -0.2) is 0 Å². The van der Waals surface area contributed by atoms with Crippen LogP contribution in [0.25, 0.3) is 0 Å². The zero-order chi connectivity index (χ0) is 13.4. The van der Waals surface area contributed by atoms with Crippen LogP contribution in [0.15, 0.2) is 23.5 Å². The minimum Gasteiger partial charge on any atom is -0.409 e. The van der Waals surface area contributed by atoms with Crippen LogP contribution >= 0.6 is 11.8 Å². The first kappa shape index (κ1) is 14.8. The van der Waals surface area contributed by atoms with Gasteiger partial charge >= 0.3 is 0 Å². The smallest absolute Gasteiger partial charge is 0.188 e. The third kappa shape index (κ3) is 4.93. The summed E-state index contributed by atoms with van der Waals surface area (Å²) in [5.74, 6) is 1.22. The van der Waals surface area contributed by atoms with Crippen molar-refractivity contribution in [3.63, 3.8) is 0 Å². The number of hydrogen-bond acceptors (Lipinski definition) is 5. The Morgan fingerprint density at radius 2 is 2.39 bits per heavy atom. The summed E-state index contributed by atoms with van der Waals surface area (Å²) in [6.07, 6.45) is 4.97. The maximum absolute atomic E-state index is 8.61. The SMILES string of the molecule is CSCCCN(C)Cc1ccnc(/C(N)=N/O)c1. The first-order valence-corrected chi connectivity index (χ1v) is 7.17. The van der Waals surface area contributed by atoms with E-state index in [-0.39, 0.29) is 5.84 Å². The van der Waals surface area contributed by atoms with Crippen molar-refractivity contribution in [2.45, 2.75) is 13.0 Å². The Morgan fingerprint density at radius 3 is 3.06 bits per heavy atom. The van der Waals surface area contributed by atoms with E-state index in [0.29, 0.717) is 5.69 Å². The molecular formula is C12H20N4OS. The van der Waals surface area contributed by atoms with Gasteiger partial charge in [0, 0.05) is 12.7 Å². The van der Waals surface area contributed by atoms with E-state index < -0.39 is 0 Å². The van der Waals surface area contributed by atoms with Gasteiger partial charge < -0.3 is 15.8 Å². The standard InChI is InChI=1S/C12H20N4OS/c1-16(6-3-7-18-2)9-10-4-5-14-11(8-10)12(13)15-17/h4-5,8,17H,3,6-7,9H2,1-2H3,(H2,13,15). The molecule has 0 spiro atoms. The number of oxime groups is 1. The van der Waals surface area contributed by atoms with Crippen LogP contribution in [0, 0.1) is 0 Å². The van der Waals surface area contributed by atoms with Crippen LogP contribution in [-0.4, -0.2) is 46.5 Å². The molecule has 0 aliphatic rings. The van der Waals surface area contributed by atoms with Crippen molar-refractivity contribution in [1.29, 1.82) is 0 Å². The van der Waals surface area contributed by atoms with Gasteiger partial charge in [-0.2, -0.15) is 11.8 Å². The van der Waals surface area contributed by atoms with Gasteiger partial charge in [-0.05, 0) is 49.7 Å². The van der Waals surface area contributed by atoms with E-state index in [4.69, 9.17) is 10.9 Å². The predicted molar refractivity (Wildman–Crippen MR) is 76.1 cm³/mol. The monoisotopic (exact) mass is 268 g/mol. The molecule has 0 saturated carbocycles. The van der Waals surface area contributed by atoms with Crippen LogP contribution in [-0.2, 0) is 6.54 Å². The molecule has 18 heavy (non-hydrogen) atoms. The van der Waals surface area contributed by atoms with E-state index in [1.807, 2.05) is 23.9 Å². The molecule has 1 aromatic rings. The third-order valence-electron chi connectivity index (χ3n) is 2.54. The lowest BCUT2D eigenvalue weighted by Gasteiger charge is -2.16. The number of nitrogens with two attached hydrogens (primary N) is 1. The van der Waals surface area contributed by atoms with E-state index >= 15 is 0 Å². The number of aromatic nitrogens is 1. The number of thioether (sulfide) groups is 1. The highest BCUT2D eigenvalue weighted by molar-refractivity contribution is 7.98. The second-order valence-electron chi connectivity index (χ2n) is 4.12. The Hall–Kier alpha value is -1.27. The van der Waals surface area contributed by atoms with Crippen LogP contribution in [0.4, 0.5) is 0 Å². The van der Waals surface area contributed by atoms with E-state index in [1.54, 1.807) is 6.20 Å². The van der Waals surface area contributed by atoms with Gasteiger partial charge in [-0.3, -0.25) is 4.98 Å². The predicted octanol–water partition coefficient (Wildman–Crippen LogP) is 1.36. The lowest BCUT2D eigenvalue weighted by Crippen LogP contribution is -2.20. The molecule has 0 amide bonds. The zero-order valence-corrected chi connectivity index (χ0v) is 11.7. The Kier molecular flexibility index (Phi) is 6.53. The third-order valence-corrected chi connectivity index (χ3v) is 3.23. The van der Waals surface area contributed by atoms with Crippen LogP contribution in [0.5, 0.6) is 0 Å². The molecule has 0 unspecified atom stereocenters. The Labute approximate surface area is 112 Å². The summed E-state index contributed by atoms with van der Waals surface area (Å²) in [7, 11) is 2.09. The summed E-state index contributed by atoms with van der Waals surface area (Å²) in [5.41, 5.74) is 7.13. The number of pyridine rings is 1. The molecule has 1 rings (SSSR count). The molecule has 0 aromatic carbocycles. The van der Waals surface area contributed by atoms with E-state index in [2.05, 4.69) is 28.3 Å². The van der Waals surface area contributed by atoms with Gasteiger partial charge in [0.25, 0.3) is 0 Å². The van der Waals surface area contributed by atoms with E-state index in [1.165, 1.54) is 12.2 Å². The highest BCUT2D eigenvalue weighted by atomic mass is 32.2. The van der Waals surface area contributed by atoms with Gasteiger partial charge in [0.1, 0.15) is 5.69 Å². The Bertz CT molecular complexity index is 397. The van der Waals surface area contributed by atoms with Gasteiger partial charge in [-0.1, -0.05) is 5.16 Å². The lowest BCUT2D eigenvalue weighted by atomic mass is 10.2. The molecule has 5 nitrogen and oxygen atoms in total. The van der Waals surface area contributed by atoms with Crippen molar-refractivity contribution in [3.05, 3.63) is 29.6 Å². The molecule has 0 bridgehead atoms. The second kappa shape index (κ2) is 7.94. The molecule has 0 aliphatic carbocycles. The second-order valence-corrected chi connectivity index (χ2v) is 5.10. The molecule has 100 valence electrons. The normalized spacial score (nSPS) is 12.1. The molecular weight excluding hydrogens is 248 g/mol. The molecule has 0 atom stereocenters. The highest BCUT2D eigenvalue weighted by Crippen LogP contribution is 2.06. The summed E-state index contributed by atoms with van der Waals surface area (Å²) in [4.78, 5) is 6.31.